The summed E-state index contributed by atoms with van der Waals surface area (Å²) in [5.41, 5.74) is 1.58. The Morgan fingerprint density at radius 2 is 1.76 bits per heavy atom. The van der Waals surface area contributed by atoms with Gasteiger partial charge < -0.3 is 10.0 Å². The van der Waals surface area contributed by atoms with Crippen molar-refractivity contribution in [2.75, 3.05) is 24.0 Å². The van der Waals surface area contributed by atoms with Crippen LogP contribution in [0, 0.1) is 0 Å². The molecule has 1 atom stereocenters. The van der Waals surface area contributed by atoms with Gasteiger partial charge in [0.05, 0.1) is 11.4 Å². The van der Waals surface area contributed by atoms with Crippen LogP contribution in [-0.2, 0) is 9.84 Å². The normalized spacial score (nSPS) is 20.6. The van der Waals surface area contributed by atoms with Crippen LogP contribution in [0.15, 0.2) is 58.4 Å². The predicted molar refractivity (Wildman–Crippen MR) is 103 cm³/mol. The highest BCUT2D eigenvalue weighted by Crippen LogP contribution is 2.34. The van der Waals surface area contributed by atoms with Gasteiger partial charge in [0.2, 0.25) is 5.06 Å². The van der Waals surface area contributed by atoms with Gasteiger partial charge in [-0.1, -0.05) is 11.6 Å². The molecule has 132 valence electrons. The Balaban J connectivity index is 2.03. The number of β-amino-alcohol motifs (C(OH)–C–C–N with tert-alkyl or cyclic N) is 1. The summed E-state index contributed by atoms with van der Waals surface area (Å²) < 4.78 is 23.3. The number of nitrogens with zero attached hydrogens (tertiary/aromatic N) is 2. The molecule has 0 spiro atoms. The molecule has 3 rings (SSSR count). The zero-order chi connectivity index (χ0) is 18.2. The van der Waals surface area contributed by atoms with Crippen molar-refractivity contribution in [3.63, 3.8) is 0 Å². The monoisotopic (exact) mass is 396 g/mol. The quantitative estimate of drug-likeness (QED) is 0.804. The van der Waals surface area contributed by atoms with Crippen molar-refractivity contribution in [1.29, 1.82) is 0 Å². The first kappa shape index (κ1) is 18.3. The van der Waals surface area contributed by atoms with Crippen molar-refractivity contribution in [2.45, 2.75) is 9.95 Å². The lowest BCUT2D eigenvalue weighted by Gasteiger charge is -2.23. The molecule has 2 aromatic rings. The van der Waals surface area contributed by atoms with Crippen LogP contribution in [0.3, 0.4) is 0 Å². The van der Waals surface area contributed by atoms with Gasteiger partial charge in [0, 0.05) is 22.5 Å². The zero-order valence-corrected chi connectivity index (χ0v) is 16.1. The van der Waals surface area contributed by atoms with E-state index in [4.69, 9.17) is 11.6 Å². The van der Waals surface area contributed by atoms with Crippen LogP contribution in [0.1, 0.15) is 5.56 Å². The Bertz CT molecular complexity index is 912. The summed E-state index contributed by atoms with van der Waals surface area (Å²) in [5.74, 6) is 0.583. The summed E-state index contributed by atoms with van der Waals surface area (Å²) in [6.07, 6.45) is 2.96. The van der Waals surface area contributed by atoms with Crippen molar-refractivity contribution < 1.29 is 13.5 Å². The van der Waals surface area contributed by atoms with Crippen LogP contribution in [0.5, 0.6) is 0 Å². The first-order valence-electron chi connectivity index (χ1n) is 7.43. The van der Waals surface area contributed by atoms with Crippen molar-refractivity contribution in [1.82, 2.24) is 0 Å². The summed E-state index contributed by atoms with van der Waals surface area (Å²) >= 11 is 7.20. The van der Waals surface area contributed by atoms with Gasteiger partial charge in [-0.05, 0) is 54.8 Å². The summed E-state index contributed by atoms with van der Waals surface area (Å²) in [6.45, 7) is 0.291. The van der Waals surface area contributed by atoms with Gasteiger partial charge in [-0.2, -0.15) is 0 Å². The minimum atomic E-state index is -3.26. The highest BCUT2D eigenvalue weighted by molar-refractivity contribution is 7.99. The standard InChI is InChI=1S/C17H17ClN2O3S2/c1-24-17(21)11-20(14-7-5-13(18)6-8-14)16(19-17)12-3-9-15(10-4-12)25(2,22)23/h3-10,21H,11H2,1-2H3. The van der Waals surface area contributed by atoms with Crippen LogP contribution in [0.25, 0.3) is 0 Å². The van der Waals surface area contributed by atoms with Gasteiger partial charge in [0.15, 0.2) is 9.84 Å². The van der Waals surface area contributed by atoms with E-state index >= 15 is 0 Å². The molecule has 1 heterocycles. The molecule has 0 fully saturated rings. The predicted octanol–water partition coefficient (Wildman–Crippen LogP) is 3.02. The summed E-state index contributed by atoms with van der Waals surface area (Å²) in [4.78, 5) is 6.59. The molecule has 5 nitrogen and oxygen atoms in total. The zero-order valence-electron chi connectivity index (χ0n) is 13.7. The lowest BCUT2D eigenvalue weighted by atomic mass is 10.2. The molecule has 0 saturated carbocycles. The highest BCUT2D eigenvalue weighted by Gasteiger charge is 2.38. The highest BCUT2D eigenvalue weighted by atomic mass is 35.5. The fraction of sp³-hybridized carbons (Fsp3) is 0.235. The van der Waals surface area contributed by atoms with E-state index in [1.807, 2.05) is 17.0 Å². The molecule has 0 bridgehead atoms. The third kappa shape index (κ3) is 3.84. The second-order valence-electron chi connectivity index (χ2n) is 5.74. The van der Waals surface area contributed by atoms with Crippen molar-refractivity contribution >= 4 is 44.7 Å². The van der Waals surface area contributed by atoms with Gasteiger partial charge in [0.1, 0.15) is 5.84 Å². The van der Waals surface area contributed by atoms with Crippen molar-refractivity contribution in [2.24, 2.45) is 4.99 Å². The molecule has 0 radical (unpaired) electrons. The number of sulfone groups is 1. The van der Waals surface area contributed by atoms with Crippen LogP contribution in [0.4, 0.5) is 5.69 Å². The van der Waals surface area contributed by atoms with E-state index in [-0.39, 0.29) is 4.90 Å². The van der Waals surface area contributed by atoms with Crippen molar-refractivity contribution in [3.8, 4) is 0 Å². The Labute approximate surface area is 156 Å². The number of rotatable bonds is 4. The molecule has 2 aromatic carbocycles. The number of benzene rings is 2. The average Bonchev–Trinajstić information content (AvgIpc) is 2.94. The molecule has 1 aliphatic heterocycles. The van der Waals surface area contributed by atoms with Crippen LogP contribution in [0.2, 0.25) is 5.02 Å². The first-order chi connectivity index (χ1) is 11.7. The number of anilines is 1. The van der Waals surface area contributed by atoms with E-state index in [9.17, 15) is 13.5 Å². The van der Waals surface area contributed by atoms with E-state index in [1.54, 1.807) is 42.7 Å². The van der Waals surface area contributed by atoms with Gasteiger partial charge >= 0.3 is 0 Å². The third-order valence-corrected chi connectivity index (χ3v) is 6.16. The van der Waals surface area contributed by atoms with E-state index in [1.165, 1.54) is 18.0 Å². The third-order valence-electron chi connectivity index (χ3n) is 3.91. The summed E-state index contributed by atoms with van der Waals surface area (Å²) in [7, 11) is -3.26. The topological polar surface area (TPSA) is 70.0 Å². The van der Waals surface area contributed by atoms with Crippen molar-refractivity contribution in [3.05, 3.63) is 59.1 Å². The van der Waals surface area contributed by atoms with Gasteiger partial charge in [-0.3, -0.25) is 0 Å². The molecule has 1 N–H and O–H groups in total. The molecule has 0 amide bonds. The smallest absolute Gasteiger partial charge is 0.224 e. The maximum absolute atomic E-state index is 11.6. The molecule has 8 heteroatoms. The number of amidine groups is 1. The molecule has 1 unspecified atom stereocenters. The van der Waals surface area contributed by atoms with E-state index < -0.39 is 14.9 Å². The van der Waals surface area contributed by atoms with E-state index in [0.717, 1.165) is 11.3 Å². The Hall–Kier alpha value is -1.54. The molecule has 0 aliphatic carbocycles. The number of aliphatic imine (C=N–C) groups is 1. The molecule has 0 aromatic heterocycles. The van der Waals surface area contributed by atoms with Gasteiger partial charge in [-0.15, -0.1) is 11.8 Å². The number of aliphatic hydroxyl groups is 1. The number of halogens is 1. The molecule has 0 saturated heterocycles. The number of thioether (sulfide) groups is 1. The second kappa shape index (κ2) is 6.64. The van der Waals surface area contributed by atoms with Crippen LogP contribution in [-0.4, -0.2) is 43.5 Å². The molecule has 1 aliphatic rings. The minimum absolute atomic E-state index is 0.244. The van der Waals surface area contributed by atoms with Gasteiger partial charge in [0.25, 0.3) is 0 Å². The largest absolute Gasteiger partial charge is 0.359 e. The molecular weight excluding hydrogens is 380 g/mol. The first-order valence-corrected chi connectivity index (χ1v) is 10.9. The molecule has 25 heavy (non-hydrogen) atoms. The van der Waals surface area contributed by atoms with Crippen LogP contribution < -0.4 is 4.90 Å². The molecular formula is C17H17ClN2O3S2. The van der Waals surface area contributed by atoms with Gasteiger partial charge in [-0.25, -0.2) is 13.4 Å². The minimum Gasteiger partial charge on any atom is -0.359 e. The number of hydrogen-bond acceptors (Lipinski definition) is 6. The van der Waals surface area contributed by atoms with E-state index in [2.05, 4.69) is 4.99 Å². The Morgan fingerprint density at radius 1 is 1.16 bits per heavy atom. The SMILES string of the molecule is CSC1(O)CN(c2ccc(Cl)cc2)C(c2ccc(S(C)(=O)=O)cc2)=N1. The maximum atomic E-state index is 11.6. The Morgan fingerprint density at radius 3 is 2.28 bits per heavy atom. The fourth-order valence-corrected chi connectivity index (χ4v) is 3.75. The summed E-state index contributed by atoms with van der Waals surface area (Å²) in [6, 6.07) is 13.8. The Kier molecular flexibility index (Phi) is 4.85. The second-order valence-corrected chi connectivity index (χ2v) is 9.26. The lowest BCUT2D eigenvalue weighted by molar-refractivity contribution is 0.166. The average molecular weight is 397 g/mol. The maximum Gasteiger partial charge on any atom is 0.224 e. The van der Waals surface area contributed by atoms with E-state index in [0.29, 0.717) is 17.4 Å². The van der Waals surface area contributed by atoms with Crippen LogP contribution >= 0.6 is 23.4 Å². The lowest BCUT2D eigenvalue weighted by Crippen LogP contribution is -2.34. The summed E-state index contributed by atoms with van der Waals surface area (Å²) in [5, 5.41) is 9.98. The number of hydrogen-bond donors (Lipinski definition) is 1. The fourth-order valence-electron chi connectivity index (χ4n) is 2.56.